The molecule has 1 aliphatic rings. The number of rotatable bonds is 7. The minimum atomic E-state index is -1.26. The standard InChI is InChI=1S/C21H24ClNO6/c1-12(2)17-11-29-19-9-20(28-6-4-3-5-24)15(22)7-13(19)16-8-18(25)14(21(26)27)10-23(16)17/h7-10,12,17,24H,3-6,11H2,1-2H3,(H,26,27)/t17-/m0/s1. The van der Waals surface area contributed by atoms with Crippen molar-refractivity contribution >= 4 is 17.6 Å². The highest BCUT2D eigenvalue weighted by Gasteiger charge is 2.27. The van der Waals surface area contributed by atoms with Crippen molar-refractivity contribution in [3.05, 3.63) is 45.2 Å². The smallest absolute Gasteiger partial charge is 0.341 e. The zero-order valence-electron chi connectivity index (χ0n) is 16.4. The van der Waals surface area contributed by atoms with Crippen LogP contribution < -0.4 is 14.9 Å². The van der Waals surface area contributed by atoms with E-state index in [-0.39, 0.29) is 24.1 Å². The fourth-order valence-corrected chi connectivity index (χ4v) is 3.55. The van der Waals surface area contributed by atoms with Gasteiger partial charge in [-0.1, -0.05) is 25.4 Å². The number of halogens is 1. The SMILES string of the molecule is CC(C)[C@@H]1COc2cc(OCCCCO)c(Cl)cc2-c2cc(=O)c(C(=O)O)cn21. The van der Waals surface area contributed by atoms with Crippen molar-refractivity contribution in [2.45, 2.75) is 32.7 Å². The molecule has 2 N–H and O–H groups in total. The van der Waals surface area contributed by atoms with Crippen LogP contribution in [0.5, 0.6) is 11.5 Å². The van der Waals surface area contributed by atoms with Crippen molar-refractivity contribution in [2.24, 2.45) is 5.92 Å². The summed E-state index contributed by atoms with van der Waals surface area (Å²) in [6.07, 6.45) is 2.71. The third-order valence-corrected chi connectivity index (χ3v) is 5.26. The maximum absolute atomic E-state index is 12.4. The molecule has 0 unspecified atom stereocenters. The van der Waals surface area contributed by atoms with Crippen molar-refractivity contribution in [1.29, 1.82) is 0 Å². The number of fused-ring (bicyclic) bond motifs is 3. The van der Waals surface area contributed by atoms with Crippen LogP contribution in [0.4, 0.5) is 0 Å². The van der Waals surface area contributed by atoms with Crippen molar-refractivity contribution in [2.75, 3.05) is 19.8 Å². The summed E-state index contributed by atoms with van der Waals surface area (Å²) in [6.45, 7) is 4.84. The molecule has 2 aromatic rings. The van der Waals surface area contributed by atoms with Gasteiger partial charge < -0.3 is 24.3 Å². The zero-order valence-corrected chi connectivity index (χ0v) is 17.1. The van der Waals surface area contributed by atoms with Crippen molar-refractivity contribution < 1.29 is 24.5 Å². The molecular weight excluding hydrogens is 398 g/mol. The average Bonchev–Trinajstić information content (AvgIpc) is 2.81. The van der Waals surface area contributed by atoms with E-state index in [9.17, 15) is 14.7 Å². The van der Waals surface area contributed by atoms with E-state index in [1.807, 2.05) is 13.8 Å². The lowest BCUT2D eigenvalue weighted by Gasteiger charge is -2.24. The molecule has 3 rings (SSSR count). The highest BCUT2D eigenvalue weighted by Crippen LogP contribution is 2.42. The lowest BCUT2D eigenvalue weighted by molar-refractivity contribution is 0.0694. The number of pyridine rings is 1. The summed E-state index contributed by atoms with van der Waals surface area (Å²) in [5.74, 6) is -0.145. The molecule has 0 radical (unpaired) electrons. The molecule has 0 saturated heterocycles. The third-order valence-electron chi connectivity index (χ3n) is 4.97. The van der Waals surface area contributed by atoms with Crippen LogP contribution in [0.25, 0.3) is 11.3 Å². The fraction of sp³-hybridized carbons (Fsp3) is 0.429. The first-order chi connectivity index (χ1) is 13.8. The second-order valence-corrected chi connectivity index (χ2v) is 7.74. The van der Waals surface area contributed by atoms with E-state index in [2.05, 4.69) is 0 Å². The maximum atomic E-state index is 12.4. The molecule has 0 aliphatic carbocycles. The molecule has 1 atom stereocenters. The molecule has 0 fully saturated rings. The molecular formula is C21H24ClNO6. The third kappa shape index (κ3) is 4.41. The number of carboxylic acid groups (broad SMARTS) is 1. The minimum Gasteiger partial charge on any atom is -0.492 e. The Kier molecular flexibility index (Phi) is 6.49. The average molecular weight is 422 g/mol. The van der Waals surface area contributed by atoms with Crippen molar-refractivity contribution in [3.63, 3.8) is 0 Å². The summed E-state index contributed by atoms with van der Waals surface area (Å²) < 4.78 is 13.5. The molecule has 29 heavy (non-hydrogen) atoms. The Morgan fingerprint density at radius 1 is 1.34 bits per heavy atom. The van der Waals surface area contributed by atoms with E-state index in [4.69, 9.17) is 26.2 Å². The van der Waals surface area contributed by atoms with Gasteiger partial charge in [-0.25, -0.2) is 4.79 Å². The normalized spacial score (nSPS) is 15.3. The number of ether oxygens (including phenoxy) is 2. The van der Waals surface area contributed by atoms with Gasteiger partial charge in [0.1, 0.15) is 23.7 Å². The highest BCUT2D eigenvalue weighted by molar-refractivity contribution is 6.32. The van der Waals surface area contributed by atoms with Crippen LogP contribution in [0.1, 0.15) is 43.1 Å². The predicted octanol–water partition coefficient (Wildman–Crippen LogP) is 3.61. The van der Waals surface area contributed by atoms with Crippen LogP contribution in [-0.4, -0.2) is 40.6 Å². The Bertz CT molecular complexity index is 968. The Morgan fingerprint density at radius 2 is 2.10 bits per heavy atom. The number of carboxylic acids is 1. The number of unbranched alkanes of at least 4 members (excludes halogenated alkanes) is 1. The first kappa shape index (κ1) is 21.2. The van der Waals surface area contributed by atoms with Crippen LogP contribution >= 0.6 is 11.6 Å². The van der Waals surface area contributed by atoms with E-state index in [1.54, 1.807) is 16.7 Å². The molecule has 7 nitrogen and oxygen atoms in total. The summed E-state index contributed by atoms with van der Waals surface area (Å²) in [6, 6.07) is 4.53. The molecule has 1 aliphatic heterocycles. The first-order valence-electron chi connectivity index (χ1n) is 9.53. The lowest BCUT2D eigenvalue weighted by atomic mass is 10.0. The lowest BCUT2D eigenvalue weighted by Crippen LogP contribution is -2.25. The number of carbonyl (C=O) groups is 1. The van der Waals surface area contributed by atoms with Gasteiger partial charge in [0.25, 0.3) is 0 Å². The van der Waals surface area contributed by atoms with Crippen LogP contribution in [0.15, 0.2) is 29.2 Å². The Hall–Kier alpha value is -2.51. The Labute approximate surface area is 173 Å². The summed E-state index contributed by atoms with van der Waals surface area (Å²) in [5, 5.41) is 18.6. The molecule has 156 valence electrons. The van der Waals surface area contributed by atoms with Gasteiger partial charge in [0.2, 0.25) is 0 Å². The summed E-state index contributed by atoms with van der Waals surface area (Å²) >= 11 is 6.40. The minimum absolute atomic E-state index is 0.102. The second-order valence-electron chi connectivity index (χ2n) is 7.33. The first-order valence-corrected chi connectivity index (χ1v) is 9.91. The van der Waals surface area contributed by atoms with Gasteiger partial charge in [-0.15, -0.1) is 0 Å². The second kappa shape index (κ2) is 8.88. The molecule has 1 aromatic heterocycles. The number of aliphatic hydroxyl groups excluding tert-OH is 1. The number of nitrogens with zero attached hydrogens (tertiary/aromatic N) is 1. The van der Waals surface area contributed by atoms with E-state index in [0.29, 0.717) is 53.8 Å². The van der Waals surface area contributed by atoms with Crippen LogP contribution in [-0.2, 0) is 0 Å². The molecule has 0 amide bonds. The number of hydrogen-bond acceptors (Lipinski definition) is 5. The molecule has 8 heteroatoms. The topological polar surface area (TPSA) is 98.0 Å². The van der Waals surface area contributed by atoms with E-state index in [1.165, 1.54) is 12.3 Å². The van der Waals surface area contributed by atoms with Gasteiger partial charge in [0.15, 0.2) is 5.43 Å². The molecule has 0 saturated carbocycles. The van der Waals surface area contributed by atoms with Crippen molar-refractivity contribution in [3.8, 4) is 22.8 Å². The maximum Gasteiger partial charge on any atom is 0.341 e. The highest BCUT2D eigenvalue weighted by atomic mass is 35.5. The van der Waals surface area contributed by atoms with Crippen LogP contribution in [0.3, 0.4) is 0 Å². The van der Waals surface area contributed by atoms with Gasteiger partial charge in [-0.3, -0.25) is 4.79 Å². The van der Waals surface area contributed by atoms with E-state index in [0.717, 1.165) is 0 Å². The Balaban J connectivity index is 2.09. The quantitative estimate of drug-likeness (QED) is 0.663. The molecule has 0 bridgehead atoms. The van der Waals surface area contributed by atoms with Crippen molar-refractivity contribution in [1.82, 2.24) is 4.57 Å². The number of hydrogen-bond donors (Lipinski definition) is 2. The molecule has 0 spiro atoms. The summed E-state index contributed by atoms with van der Waals surface area (Å²) in [5.41, 5.74) is 0.312. The van der Waals surface area contributed by atoms with Gasteiger partial charge in [0, 0.05) is 30.5 Å². The van der Waals surface area contributed by atoms with E-state index >= 15 is 0 Å². The summed E-state index contributed by atoms with van der Waals surface area (Å²) in [7, 11) is 0. The van der Waals surface area contributed by atoms with Gasteiger partial charge in [-0.2, -0.15) is 0 Å². The molecule has 2 heterocycles. The van der Waals surface area contributed by atoms with Crippen LogP contribution in [0, 0.1) is 5.92 Å². The predicted molar refractivity (Wildman–Crippen MR) is 109 cm³/mol. The van der Waals surface area contributed by atoms with Gasteiger partial charge in [-0.05, 0) is 24.8 Å². The zero-order chi connectivity index (χ0) is 21.1. The van der Waals surface area contributed by atoms with Gasteiger partial charge >= 0.3 is 5.97 Å². The fourth-order valence-electron chi connectivity index (χ4n) is 3.33. The largest absolute Gasteiger partial charge is 0.492 e. The van der Waals surface area contributed by atoms with Gasteiger partial charge in [0.05, 0.1) is 23.4 Å². The summed E-state index contributed by atoms with van der Waals surface area (Å²) in [4.78, 5) is 23.8. The number of aromatic carboxylic acids is 1. The monoisotopic (exact) mass is 421 g/mol. The number of benzene rings is 1. The van der Waals surface area contributed by atoms with E-state index < -0.39 is 11.4 Å². The van der Waals surface area contributed by atoms with Crippen LogP contribution in [0.2, 0.25) is 5.02 Å². The Morgan fingerprint density at radius 3 is 2.76 bits per heavy atom. The molecule has 1 aromatic carbocycles. The number of aromatic nitrogens is 1. The number of aliphatic hydroxyl groups is 1.